The summed E-state index contributed by atoms with van der Waals surface area (Å²) in [6.45, 7) is 3.79. The van der Waals surface area contributed by atoms with Crippen LogP contribution in [0, 0.1) is 12.3 Å². The van der Waals surface area contributed by atoms with Crippen LogP contribution in [0.1, 0.15) is 5.69 Å². The lowest BCUT2D eigenvalue weighted by atomic mass is 10.2. The monoisotopic (exact) mass is 221 g/mol. The highest BCUT2D eigenvalue weighted by atomic mass is 16.5. The number of anilines is 1. The van der Waals surface area contributed by atoms with Crippen LogP contribution in [0.5, 0.6) is 0 Å². The van der Waals surface area contributed by atoms with Crippen molar-refractivity contribution >= 4 is 11.7 Å². The Morgan fingerprint density at radius 1 is 1.56 bits per heavy atom. The second kappa shape index (κ2) is 4.44. The van der Waals surface area contributed by atoms with Gasteiger partial charge in [0.05, 0.1) is 18.8 Å². The van der Waals surface area contributed by atoms with Gasteiger partial charge < -0.3 is 15.4 Å². The average molecular weight is 221 g/mol. The Balaban J connectivity index is 2.16. The zero-order valence-electron chi connectivity index (χ0n) is 9.18. The molecule has 1 unspecified atom stereocenters. The molecule has 2 rings (SSSR count). The standard InChI is InChI=1S/C10H15N5O/c1-7-10(14-3-2-13-7)15-4-5-16-8(6-15)9(11)12/h2-3,8H,4-6H2,1H3,(H3,11,12). The van der Waals surface area contributed by atoms with Gasteiger partial charge in [0.2, 0.25) is 0 Å². The molecule has 0 radical (unpaired) electrons. The molecule has 3 N–H and O–H groups in total. The molecule has 16 heavy (non-hydrogen) atoms. The lowest BCUT2D eigenvalue weighted by Crippen LogP contribution is -2.48. The molecule has 1 aliphatic rings. The molecule has 1 aromatic heterocycles. The van der Waals surface area contributed by atoms with E-state index < -0.39 is 0 Å². The highest BCUT2D eigenvalue weighted by Gasteiger charge is 2.24. The number of aryl methyl sites for hydroxylation is 1. The number of nitrogens with one attached hydrogen (secondary N) is 1. The van der Waals surface area contributed by atoms with Gasteiger partial charge in [-0.25, -0.2) is 4.98 Å². The number of nitrogens with zero attached hydrogens (tertiary/aromatic N) is 3. The van der Waals surface area contributed by atoms with Gasteiger partial charge >= 0.3 is 0 Å². The molecule has 2 heterocycles. The molecular formula is C10H15N5O. The van der Waals surface area contributed by atoms with Crippen molar-refractivity contribution in [2.75, 3.05) is 24.6 Å². The van der Waals surface area contributed by atoms with Crippen molar-refractivity contribution in [1.29, 1.82) is 5.41 Å². The lowest BCUT2D eigenvalue weighted by molar-refractivity contribution is 0.0822. The first-order valence-electron chi connectivity index (χ1n) is 5.16. The van der Waals surface area contributed by atoms with E-state index >= 15 is 0 Å². The predicted octanol–water partition coefficient (Wildman–Crippen LogP) is -0.0738. The SMILES string of the molecule is Cc1nccnc1N1CCOC(C(=N)N)C1. The topological polar surface area (TPSA) is 88.1 Å². The van der Waals surface area contributed by atoms with Crippen LogP contribution < -0.4 is 10.6 Å². The number of rotatable bonds is 2. The maximum atomic E-state index is 7.39. The maximum absolute atomic E-state index is 7.39. The summed E-state index contributed by atoms with van der Waals surface area (Å²) in [6, 6.07) is 0. The van der Waals surface area contributed by atoms with Crippen LogP contribution in [0.3, 0.4) is 0 Å². The Morgan fingerprint density at radius 3 is 3.00 bits per heavy atom. The lowest BCUT2D eigenvalue weighted by Gasteiger charge is -2.33. The molecule has 1 atom stereocenters. The third-order valence-corrected chi connectivity index (χ3v) is 2.57. The Morgan fingerprint density at radius 2 is 2.31 bits per heavy atom. The highest BCUT2D eigenvalue weighted by molar-refractivity contribution is 5.82. The second-order valence-electron chi connectivity index (χ2n) is 3.73. The fourth-order valence-corrected chi connectivity index (χ4v) is 1.74. The number of aromatic nitrogens is 2. The van der Waals surface area contributed by atoms with E-state index in [9.17, 15) is 0 Å². The van der Waals surface area contributed by atoms with Crippen molar-refractivity contribution in [3.63, 3.8) is 0 Å². The van der Waals surface area contributed by atoms with E-state index in [0.29, 0.717) is 13.2 Å². The van der Waals surface area contributed by atoms with Gasteiger partial charge in [0.15, 0.2) is 0 Å². The molecule has 1 aliphatic heterocycles. The summed E-state index contributed by atoms with van der Waals surface area (Å²) in [5.41, 5.74) is 6.32. The minimum absolute atomic E-state index is 0.0613. The number of hydrogen-bond acceptors (Lipinski definition) is 5. The maximum Gasteiger partial charge on any atom is 0.150 e. The molecule has 0 spiro atoms. The van der Waals surface area contributed by atoms with Gasteiger partial charge in [0, 0.05) is 18.9 Å². The van der Waals surface area contributed by atoms with Crippen molar-refractivity contribution < 1.29 is 4.74 Å². The minimum Gasteiger partial charge on any atom is -0.385 e. The fourth-order valence-electron chi connectivity index (χ4n) is 1.74. The fraction of sp³-hybridized carbons (Fsp3) is 0.500. The first-order chi connectivity index (χ1) is 7.68. The molecule has 6 nitrogen and oxygen atoms in total. The molecule has 1 saturated heterocycles. The molecule has 86 valence electrons. The molecule has 0 aromatic carbocycles. The van der Waals surface area contributed by atoms with E-state index in [2.05, 4.69) is 14.9 Å². The Bertz CT molecular complexity index is 395. The van der Waals surface area contributed by atoms with Gasteiger partial charge in [-0.05, 0) is 6.92 Å². The molecule has 1 aromatic rings. The third kappa shape index (κ3) is 2.11. The van der Waals surface area contributed by atoms with E-state index in [1.165, 1.54) is 0 Å². The van der Waals surface area contributed by atoms with E-state index in [-0.39, 0.29) is 11.9 Å². The highest BCUT2D eigenvalue weighted by Crippen LogP contribution is 2.17. The quantitative estimate of drug-likeness (QED) is 0.539. The van der Waals surface area contributed by atoms with Crippen LogP contribution in [0.25, 0.3) is 0 Å². The van der Waals surface area contributed by atoms with E-state index in [1.807, 2.05) is 6.92 Å². The van der Waals surface area contributed by atoms with Crippen LogP contribution in [0.4, 0.5) is 5.82 Å². The van der Waals surface area contributed by atoms with Gasteiger partial charge in [-0.1, -0.05) is 0 Å². The first kappa shape index (κ1) is 10.8. The molecule has 0 bridgehead atoms. The number of nitrogens with two attached hydrogens (primary N) is 1. The largest absolute Gasteiger partial charge is 0.385 e. The predicted molar refractivity (Wildman–Crippen MR) is 60.6 cm³/mol. The number of ether oxygens (including phenoxy) is 1. The number of hydrogen-bond donors (Lipinski definition) is 2. The van der Waals surface area contributed by atoms with Crippen LogP contribution in [-0.4, -0.2) is 41.6 Å². The minimum atomic E-state index is -0.338. The summed E-state index contributed by atoms with van der Waals surface area (Å²) < 4.78 is 5.39. The second-order valence-corrected chi connectivity index (χ2v) is 3.73. The number of amidine groups is 1. The summed E-state index contributed by atoms with van der Waals surface area (Å²) in [5, 5.41) is 7.39. The Kier molecular flexibility index (Phi) is 3.00. The van der Waals surface area contributed by atoms with E-state index in [1.54, 1.807) is 12.4 Å². The molecule has 0 saturated carbocycles. The molecule has 1 fully saturated rings. The smallest absolute Gasteiger partial charge is 0.150 e. The van der Waals surface area contributed by atoms with Crippen LogP contribution in [-0.2, 0) is 4.74 Å². The van der Waals surface area contributed by atoms with Crippen molar-refractivity contribution in [2.24, 2.45) is 5.73 Å². The first-order valence-corrected chi connectivity index (χ1v) is 5.16. The van der Waals surface area contributed by atoms with Crippen LogP contribution in [0.2, 0.25) is 0 Å². The van der Waals surface area contributed by atoms with Gasteiger partial charge in [0.25, 0.3) is 0 Å². The summed E-state index contributed by atoms with van der Waals surface area (Å²) in [4.78, 5) is 10.5. The molecular weight excluding hydrogens is 206 g/mol. The van der Waals surface area contributed by atoms with E-state index in [0.717, 1.165) is 18.1 Å². The molecule has 0 amide bonds. The van der Waals surface area contributed by atoms with Crippen molar-refractivity contribution in [3.05, 3.63) is 18.1 Å². The molecule has 0 aliphatic carbocycles. The van der Waals surface area contributed by atoms with Crippen molar-refractivity contribution in [2.45, 2.75) is 13.0 Å². The summed E-state index contributed by atoms with van der Waals surface area (Å²) in [6.07, 6.45) is 3.00. The van der Waals surface area contributed by atoms with Gasteiger partial charge in [-0.3, -0.25) is 10.4 Å². The zero-order valence-corrected chi connectivity index (χ0v) is 9.18. The Labute approximate surface area is 94.0 Å². The summed E-state index contributed by atoms with van der Waals surface area (Å²) in [7, 11) is 0. The normalized spacial score (nSPS) is 20.8. The van der Waals surface area contributed by atoms with Crippen molar-refractivity contribution in [1.82, 2.24) is 9.97 Å². The third-order valence-electron chi connectivity index (χ3n) is 2.57. The van der Waals surface area contributed by atoms with Crippen molar-refractivity contribution in [3.8, 4) is 0 Å². The number of morpholine rings is 1. The zero-order chi connectivity index (χ0) is 11.5. The van der Waals surface area contributed by atoms with Crippen LogP contribution >= 0.6 is 0 Å². The van der Waals surface area contributed by atoms with Crippen LogP contribution in [0.15, 0.2) is 12.4 Å². The summed E-state index contributed by atoms with van der Waals surface area (Å²) >= 11 is 0. The van der Waals surface area contributed by atoms with Gasteiger partial charge in [-0.15, -0.1) is 0 Å². The van der Waals surface area contributed by atoms with E-state index in [4.69, 9.17) is 15.9 Å². The average Bonchev–Trinajstić information content (AvgIpc) is 2.30. The Hall–Kier alpha value is -1.69. The van der Waals surface area contributed by atoms with Gasteiger partial charge in [-0.2, -0.15) is 0 Å². The molecule has 6 heteroatoms. The summed E-state index contributed by atoms with van der Waals surface area (Å²) in [5.74, 6) is 0.906. The van der Waals surface area contributed by atoms with Gasteiger partial charge in [0.1, 0.15) is 17.8 Å².